The van der Waals surface area contributed by atoms with Crippen LogP contribution >= 0.6 is 0 Å². The summed E-state index contributed by atoms with van der Waals surface area (Å²) in [5.41, 5.74) is 5.33. The van der Waals surface area contributed by atoms with Crippen LogP contribution in [0.1, 0.15) is 46.5 Å². The number of hydrogen-bond donors (Lipinski definition) is 2. The number of rotatable bonds is 7. The Balaban J connectivity index is 3.50. The summed E-state index contributed by atoms with van der Waals surface area (Å²) < 4.78 is 0. The summed E-state index contributed by atoms with van der Waals surface area (Å²) in [6, 6.07) is 0.294. The molecule has 14 heavy (non-hydrogen) atoms. The Kier molecular flexibility index (Phi) is 7.48. The van der Waals surface area contributed by atoms with Gasteiger partial charge < -0.3 is 11.1 Å². The molecule has 0 spiro atoms. The first-order valence-corrected chi connectivity index (χ1v) is 5.55. The highest BCUT2D eigenvalue weighted by atomic mass is 16.1. The number of hydrogen-bond acceptors (Lipinski definition) is 2. The molecule has 1 unspecified atom stereocenters. The van der Waals surface area contributed by atoms with Gasteiger partial charge in [-0.1, -0.05) is 13.8 Å². The molecule has 0 bridgehead atoms. The summed E-state index contributed by atoms with van der Waals surface area (Å²) in [4.78, 5) is 11.3. The molecule has 0 rings (SSSR count). The summed E-state index contributed by atoms with van der Waals surface area (Å²) in [6.45, 7) is 7.04. The van der Waals surface area contributed by atoms with Gasteiger partial charge in [0, 0.05) is 12.5 Å². The second-order valence-electron chi connectivity index (χ2n) is 4.33. The van der Waals surface area contributed by atoms with E-state index in [9.17, 15) is 4.79 Å². The second-order valence-corrected chi connectivity index (χ2v) is 4.33. The lowest BCUT2D eigenvalue weighted by atomic mass is 10.0. The third-order valence-electron chi connectivity index (χ3n) is 2.19. The normalized spacial score (nSPS) is 12.9. The van der Waals surface area contributed by atoms with Gasteiger partial charge in [0.1, 0.15) is 0 Å². The van der Waals surface area contributed by atoms with E-state index in [1.807, 2.05) is 0 Å². The highest BCUT2D eigenvalue weighted by molar-refractivity contribution is 5.76. The third-order valence-corrected chi connectivity index (χ3v) is 2.19. The van der Waals surface area contributed by atoms with E-state index in [1.54, 1.807) is 0 Å². The van der Waals surface area contributed by atoms with Crippen LogP contribution in [0.3, 0.4) is 0 Å². The maximum atomic E-state index is 11.3. The monoisotopic (exact) mass is 200 g/mol. The molecule has 0 aliphatic rings. The number of nitrogens with one attached hydrogen (secondary N) is 1. The lowest BCUT2D eigenvalue weighted by molar-refractivity contribution is -0.121. The minimum absolute atomic E-state index is 0.131. The molecule has 0 aromatic carbocycles. The van der Waals surface area contributed by atoms with Crippen molar-refractivity contribution >= 4 is 5.91 Å². The van der Waals surface area contributed by atoms with E-state index in [4.69, 9.17) is 5.73 Å². The first-order chi connectivity index (χ1) is 6.56. The summed E-state index contributed by atoms with van der Waals surface area (Å²) in [5.74, 6) is 0.838. The van der Waals surface area contributed by atoms with E-state index < -0.39 is 0 Å². The second kappa shape index (κ2) is 7.80. The molecule has 0 heterocycles. The molecule has 0 aromatic heterocycles. The quantitative estimate of drug-likeness (QED) is 0.657. The molecule has 0 saturated carbocycles. The fourth-order valence-corrected chi connectivity index (χ4v) is 1.27. The van der Waals surface area contributed by atoms with Gasteiger partial charge in [0.25, 0.3) is 0 Å². The van der Waals surface area contributed by atoms with Crippen LogP contribution in [0.4, 0.5) is 0 Å². The van der Waals surface area contributed by atoms with E-state index in [0.29, 0.717) is 24.9 Å². The van der Waals surface area contributed by atoms with Crippen LogP contribution in [-0.4, -0.2) is 18.5 Å². The molecule has 1 atom stereocenters. The van der Waals surface area contributed by atoms with Gasteiger partial charge in [-0.2, -0.15) is 0 Å². The van der Waals surface area contributed by atoms with Gasteiger partial charge in [-0.15, -0.1) is 0 Å². The van der Waals surface area contributed by atoms with Crippen molar-refractivity contribution in [2.45, 2.75) is 52.5 Å². The Morgan fingerprint density at radius 2 is 1.93 bits per heavy atom. The van der Waals surface area contributed by atoms with Gasteiger partial charge in [0.15, 0.2) is 0 Å². The molecule has 0 aliphatic heterocycles. The zero-order valence-corrected chi connectivity index (χ0v) is 9.68. The fourth-order valence-electron chi connectivity index (χ4n) is 1.27. The zero-order chi connectivity index (χ0) is 11.0. The van der Waals surface area contributed by atoms with Gasteiger partial charge in [-0.05, 0) is 38.6 Å². The molecule has 3 N–H and O–H groups in total. The van der Waals surface area contributed by atoms with Gasteiger partial charge >= 0.3 is 0 Å². The van der Waals surface area contributed by atoms with Crippen molar-refractivity contribution in [1.29, 1.82) is 0 Å². The first-order valence-electron chi connectivity index (χ1n) is 5.55. The maximum Gasteiger partial charge on any atom is 0.220 e. The predicted molar refractivity (Wildman–Crippen MR) is 60.0 cm³/mol. The van der Waals surface area contributed by atoms with E-state index in [2.05, 4.69) is 26.1 Å². The molecular weight excluding hydrogens is 176 g/mol. The van der Waals surface area contributed by atoms with Gasteiger partial charge in [0.05, 0.1) is 0 Å². The summed E-state index contributed by atoms with van der Waals surface area (Å²) >= 11 is 0. The topological polar surface area (TPSA) is 55.1 Å². The lowest BCUT2D eigenvalue weighted by Crippen LogP contribution is -2.32. The molecule has 3 heteroatoms. The van der Waals surface area contributed by atoms with E-state index in [-0.39, 0.29) is 5.91 Å². The molecule has 0 saturated heterocycles. The minimum Gasteiger partial charge on any atom is -0.354 e. The van der Waals surface area contributed by atoms with Gasteiger partial charge in [0.2, 0.25) is 5.91 Å². The highest BCUT2D eigenvalue weighted by Crippen LogP contribution is 2.06. The molecule has 0 aromatic rings. The lowest BCUT2D eigenvalue weighted by Gasteiger charge is -2.14. The molecule has 0 radical (unpaired) electrons. The largest absolute Gasteiger partial charge is 0.354 e. The van der Waals surface area contributed by atoms with Crippen molar-refractivity contribution < 1.29 is 4.79 Å². The molecule has 3 nitrogen and oxygen atoms in total. The highest BCUT2D eigenvalue weighted by Gasteiger charge is 2.07. The summed E-state index contributed by atoms with van der Waals surface area (Å²) in [5, 5.41) is 2.98. The Labute approximate surface area is 87.4 Å². The van der Waals surface area contributed by atoms with Crippen molar-refractivity contribution in [3.8, 4) is 0 Å². The average Bonchev–Trinajstić information content (AvgIpc) is 2.11. The average molecular weight is 200 g/mol. The summed E-state index contributed by atoms with van der Waals surface area (Å²) in [6.07, 6.45) is 3.57. The Hall–Kier alpha value is -0.570. The Morgan fingerprint density at radius 3 is 2.43 bits per heavy atom. The van der Waals surface area contributed by atoms with Crippen LogP contribution in [0.15, 0.2) is 0 Å². The number of carbonyl (C=O) groups is 1. The first kappa shape index (κ1) is 13.4. The number of nitrogens with two attached hydrogens (primary N) is 1. The maximum absolute atomic E-state index is 11.3. The molecule has 0 fully saturated rings. The number of carbonyl (C=O) groups excluding carboxylic acids is 1. The van der Waals surface area contributed by atoms with Crippen molar-refractivity contribution in [3.63, 3.8) is 0 Å². The van der Waals surface area contributed by atoms with Crippen molar-refractivity contribution in [3.05, 3.63) is 0 Å². The minimum atomic E-state index is 0.131. The zero-order valence-electron chi connectivity index (χ0n) is 9.68. The van der Waals surface area contributed by atoms with Crippen LogP contribution in [0, 0.1) is 5.92 Å². The molecule has 1 amide bonds. The SMILES string of the molecule is CC(C)CCC(C)NC(=O)CCCN. The van der Waals surface area contributed by atoms with Crippen LogP contribution in [0.25, 0.3) is 0 Å². The van der Waals surface area contributed by atoms with Crippen molar-refractivity contribution in [2.75, 3.05) is 6.54 Å². The van der Waals surface area contributed by atoms with Crippen molar-refractivity contribution in [1.82, 2.24) is 5.32 Å². The smallest absolute Gasteiger partial charge is 0.220 e. The van der Waals surface area contributed by atoms with E-state index in [0.717, 1.165) is 12.8 Å². The molecule has 0 aliphatic carbocycles. The van der Waals surface area contributed by atoms with Crippen molar-refractivity contribution in [2.24, 2.45) is 11.7 Å². The number of amides is 1. The van der Waals surface area contributed by atoms with E-state index in [1.165, 1.54) is 6.42 Å². The van der Waals surface area contributed by atoms with Crippen LogP contribution < -0.4 is 11.1 Å². The van der Waals surface area contributed by atoms with Crippen LogP contribution in [0.2, 0.25) is 0 Å². The fraction of sp³-hybridized carbons (Fsp3) is 0.909. The Bertz CT molecular complexity index is 157. The molecular formula is C11H24N2O. The molecule has 84 valence electrons. The standard InChI is InChI=1S/C11H24N2O/c1-9(2)6-7-10(3)13-11(14)5-4-8-12/h9-10H,4-8,12H2,1-3H3,(H,13,14). The van der Waals surface area contributed by atoms with Gasteiger partial charge in [-0.25, -0.2) is 0 Å². The van der Waals surface area contributed by atoms with Crippen LogP contribution in [-0.2, 0) is 4.79 Å². The van der Waals surface area contributed by atoms with Gasteiger partial charge in [-0.3, -0.25) is 4.79 Å². The Morgan fingerprint density at radius 1 is 1.29 bits per heavy atom. The third kappa shape index (κ3) is 8.05. The van der Waals surface area contributed by atoms with E-state index >= 15 is 0 Å². The van der Waals surface area contributed by atoms with Crippen LogP contribution in [0.5, 0.6) is 0 Å². The summed E-state index contributed by atoms with van der Waals surface area (Å²) in [7, 11) is 0. The predicted octanol–water partition coefficient (Wildman–Crippen LogP) is 1.67.